The van der Waals surface area contributed by atoms with E-state index in [1.165, 1.54) is 0 Å². The van der Waals surface area contributed by atoms with Gasteiger partial charge in [0.25, 0.3) is 5.91 Å². The number of halogens is 1. The molecule has 0 saturated heterocycles. The van der Waals surface area contributed by atoms with E-state index in [9.17, 15) is 9.59 Å². The fourth-order valence-electron chi connectivity index (χ4n) is 4.00. The van der Waals surface area contributed by atoms with Crippen LogP contribution in [0.5, 0.6) is 5.75 Å². The molecule has 1 unspecified atom stereocenters. The number of carbonyl (C=O) groups excluding carboxylic acids is 2. The largest absolute Gasteiger partial charge is 0.483 e. The second-order valence-electron chi connectivity index (χ2n) is 8.99. The first-order valence-corrected chi connectivity index (χ1v) is 12.8. The number of rotatable bonds is 12. The van der Waals surface area contributed by atoms with E-state index < -0.39 is 6.04 Å². The number of hydrogen-bond acceptors (Lipinski definition) is 3. The van der Waals surface area contributed by atoms with E-state index in [4.69, 9.17) is 16.3 Å². The Kier molecular flexibility index (Phi) is 10.4. The molecule has 0 heterocycles. The normalized spacial score (nSPS) is 11.6. The lowest BCUT2D eigenvalue weighted by Crippen LogP contribution is -2.51. The first-order chi connectivity index (χ1) is 17.4. The van der Waals surface area contributed by atoms with Gasteiger partial charge in [0.1, 0.15) is 11.8 Å². The molecule has 0 aliphatic rings. The first kappa shape index (κ1) is 27.3. The highest BCUT2D eigenvalue weighted by molar-refractivity contribution is 6.30. The number of nitrogens with one attached hydrogen (secondary N) is 1. The van der Waals surface area contributed by atoms with E-state index >= 15 is 0 Å². The highest BCUT2D eigenvalue weighted by Gasteiger charge is 2.30. The molecule has 2 amide bonds. The summed E-state index contributed by atoms with van der Waals surface area (Å²) in [6, 6.07) is 22.2. The van der Waals surface area contributed by atoms with Gasteiger partial charge in [-0.2, -0.15) is 0 Å². The molecule has 6 heteroatoms. The van der Waals surface area contributed by atoms with Crippen molar-refractivity contribution in [3.8, 4) is 5.75 Å². The Hall–Kier alpha value is -3.31. The smallest absolute Gasteiger partial charge is 0.261 e. The standard InChI is InChI=1S/C30H35ClN2O3/c1-4-5-17-32-30(35)27(19-24-12-7-6-8-13-24)33(20-25-14-10-15-26(31)18-25)29(34)21-36-28-16-9-11-22(2)23(28)3/h6-16,18,27H,4-5,17,19-21H2,1-3H3,(H,32,35). The van der Waals surface area contributed by atoms with Gasteiger partial charge in [0.2, 0.25) is 5.91 Å². The van der Waals surface area contributed by atoms with Crippen molar-refractivity contribution in [3.05, 3.63) is 100 Å². The SMILES string of the molecule is CCCCNC(=O)C(Cc1ccccc1)N(Cc1cccc(Cl)c1)C(=O)COc1cccc(C)c1C. The van der Waals surface area contributed by atoms with Crippen LogP contribution in [0.25, 0.3) is 0 Å². The summed E-state index contributed by atoms with van der Waals surface area (Å²) in [4.78, 5) is 28.7. The molecule has 0 aliphatic heterocycles. The molecule has 0 radical (unpaired) electrons. The number of carbonyl (C=O) groups is 2. The Bertz CT molecular complexity index is 1150. The summed E-state index contributed by atoms with van der Waals surface area (Å²) in [6.07, 6.45) is 2.24. The van der Waals surface area contributed by atoms with Crippen molar-refractivity contribution in [2.24, 2.45) is 0 Å². The summed E-state index contributed by atoms with van der Waals surface area (Å²) in [6.45, 7) is 6.70. The number of aryl methyl sites for hydroxylation is 1. The van der Waals surface area contributed by atoms with Crippen molar-refractivity contribution in [2.45, 2.75) is 52.6 Å². The lowest BCUT2D eigenvalue weighted by molar-refractivity contribution is -0.142. The van der Waals surface area contributed by atoms with Crippen LogP contribution < -0.4 is 10.1 Å². The molecule has 0 bridgehead atoms. The molecule has 5 nitrogen and oxygen atoms in total. The van der Waals surface area contributed by atoms with Gasteiger partial charge in [-0.3, -0.25) is 9.59 Å². The fraction of sp³-hybridized carbons (Fsp3) is 0.333. The van der Waals surface area contributed by atoms with Crippen LogP contribution in [-0.2, 0) is 22.6 Å². The minimum absolute atomic E-state index is 0.168. The van der Waals surface area contributed by atoms with Gasteiger partial charge < -0.3 is 15.0 Å². The molecule has 3 rings (SSSR count). The van der Waals surface area contributed by atoms with E-state index in [0.29, 0.717) is 23.7 Å². The third-order valence-electron chi connectivity index (χ3n) is 6.25. The van der Waals surface area contributed by atoms with Crippen LogP contribution in [-0.4, -0.2) is 35.9 Å². The average molecular weight is 507 g/mol. The number of amides is 2. The summed E-state index contributed by atoms with van der Waals surface area (Å²) in [7, 11) is 0. The van der Waals surface area contributed by atoms with Gasteiger partial charge in [-0.15, -0.1) is 0 Å². The average Bonchev–Trinajstić information content (AvgIpc) is 2.87. The minimum atomic E-state index is -0.696. The van der Waals surface area contributed by atoms with Crippen LogP contribution in [0, 0.1) is 13.8 Å². The lowest BCUT2D eigenvalue weighted by Gasteiger charge is -2.31. The van der Waals surface area contributed by atoms with E-state index in [1.807, 2.05) is 80.6 Å². The fourth-order valence-corrected chi connectivity index (χ4v) is 4.21. The molecule has 1 atom stereocenters. The predicted octanol–water partition coefficient (Wildman–Crippen LogP) is 5.89. The summed E-state index contributed by atoms with van der Waals surface area (Å²) in [5.41, 5.74) is 3.91. The molecule has 3 aromatic carbocycles. The van der Waals surface area contributed by atoms with Gasteiger partial charge in [-0.05, 0) is 60.7 Å². The van der Waals surface area contributed by atoms with Crippen LogP contribution in [0.1, 0.15) is 42.0 Å². The number of unbranched alkanes of at least 4 members (excludes halogenated alkanes) is 1. The van der Waals surface area contributed by atoms with Crippen molar-refractivity contribution in [1.82, 2.24) is 10.2 Å². The highest BCUT2D eigenvalue weighted by Crippen LogP contribution is 2.22. The van der Waals surface area contributed by atoms with Gasteiger partial charge in [0.15, 0.2) is 6.61 Å². The van der Waals surface area contributed by atoms with E-state index in [0.717, 1.165) is 35.1 Å². The predicted molar refractivity (Wildman–Crippen MR) is 145 cm³/mol. The molecule has 190 valence electrons. The molecule has 1 N–H and O–H groups in total. The summed E-state index contributed by atoms with van der Waals surface area (Å²) in [5.74, 6) is 0.231. The maximum absolute atomic E-state index is 13.7. The molecule has 0 aliphatic carbocycles. The summed E-state index contributed by atoms with van der Waals surface area (Å²) in [5, 5.41) is 3.61. The molecule has 36 heavy (non-hydrogen) atoms. The monoisotopic (exact) mass is 506 g/mol. The lowest BCUT2D eigenvalue weighted by atomic mass is 10.0. The van der Waals surface area contributed by atoms with Gasteiger partial charge >= 0.3 is 0 Å². The Balaban J connectivity index is 1.90. The minimum Gasteiger partial charge on any atom is -0.483 e. The second-order valence-corrected chi connectivity index (χ2v) is 9.42. The summed E-state index contributed by atoms with van der Waals surface area (Å²) < 4.78 is 5.95. The van der Waals surface area contributed by atoms with Gasteiger partial charge in [0, 0.05) is 24.5 Å². The van der Waals surface area contributed by atoms with Gasteiger partial charge in [-0.25, -0.2) is 0 Å². The zero-order valence-corrected chi connectivity index (χ0v) is 22.1. The van der Waals surface area contributed by atoms with E-state index in [2.05, 4.69) is 12.2 Å². The molecule has 3 aromatic rings. The zero-order chi connectivity index (χ0) is 25.9. The van der Waals surface area contributed by atoms with E-state index in [1.54, 1.807) is 11.0 Å². The van der Waals surface area contributed by atoms with Crippen molar-refractivity contribution in [2.75, 3.05) is 13.2 Å². The maximum Gasteiger partial charge on any atom is 0.261 e. The Morgan fingerprint density at radius 2 is 1.69 bits per heavy atom. The molecule has 0 spiro atoms. The third kappa shape index (κ3) is 7.85. The Labute approximate surface area is 219 Å². The number of ether oxygens (including phenoxy) is 1. The molecular formula is C30H35ClN2O3. The van der Waals surface area contributed by atoms with Crippen LogP contribution in [0.3, 0.4) is 0 Å². The molecule has 0 aromatic heterocycles. The highest BCUT2D eigenvalue weighted by atomic mass is 35.5. The Morgan fingerprint density at radius 1 is 0.972 bits per heavy atom. The number of benzene rings is 3. The second kappa shape index (κ2) is 13.7. The van der Waals surface area contributed by atoms with Crippen molar-refractivity contribution < 1.29 is 14.3 Å². The van der Waals surface area contributed by atoms with Gasteiger partial charge in [0.05, 0.1) is 0 Å². The first-order valence-electron chi connectivity index (χ1n) is 12.4. The van der Waals surface area contributed by atoms with Crippen LogP contribution in [0.2, 0.25) is 5.02 Å². The van der Waals surface area contributed by atoms with Crippen molar-refractivity contribution in [3.63, 3.8) is 0 Å². The van der Waals surface area contributed by atoms with Gasteiger partial charge in [-0.1, -0.05) is 79.5 Å². The molecule has 0 saturated carbocycles. The summed E-state index contributed by atoms with van der Waals surface area (Å²) >= 11 is 6.23. The third-order valence-corrected chi connectivity index (χ3v) is 6.48. The van der Waals surface area contributed by atoms with Crippen LogP contribution in [0.15, 0.2) is 72.8 Å². The topological polar surface area (TPSA) is 58.6 Å². The maximum atomic E-state index is 13.7. The van der Waals surface area contributed by atoms with Crippen molar-refractivity contribution in [1.29, 1.82) is 0 Å². The quantitative estimate of drug-likeness (QED) is 0.311. The number of nitrogens with zero attached hydrogens (tertiary/aromatic N) is 1. The number of hydrogen-bond donors (Lipinski definition) is 1. The molecular weight excluding hydrogens is 472 g/mol. The Morgan fingerprint density at radius 3 is 2.42 bits per heavy atom. The van der Waals surface area contributed by atoms with Crippen LogP contribution in [0.4, 0.5) is 0 Å². The molecule has 0 fully saturated rings. The van der Waals surface area contributed by atoms with Crippen molar-refractivity contribution >= 4 is 23.4 Å². The van der Waals surface area contributed by atoms with E-state index in [-0.39, 0.29) is 25.0 Å². The zero-order valence-electron chi connectivity index (χ0n) is 21.3. The van der Waals surface area contributed by atoms with Crippen LogP contribution >= 0.6 is 11.6 Å².